The van der Waals surface area contributed by atoms with Crippen molar-refractivity contribution in [2.75, 3.05) is 5.73 Å². The van der Waals surface area contributed by atoms with E-state index >= 15 is 0 Å². The Balaban J connectivity index is 2.33. The zero-order valence-corrected chi connectivity index (χ0v) is 10.4. The molecule has 2 aromatic rings. The fourth-order valence-corrected chi connectivity index (χ4v) is 1.68. The standard InChI is InChI=1S/C13H17N3O/c1-8(2)6-12-15-13(17-16-12)11-7-10(14)5-4-9(11)3/h4-5,7-8H,6,14H2,1-3H3. The van der Waals surface area contributed by atoms with E-state index in [1.165, 1.54) is 0 Å². The predicted molar refractivity (Wildman–Crippen MR) is 67.4 cm³/mol. The molecular weight excluding hydrogens is 214 g/mol. The Morgan fingerprint density at radius 1 is 1.35 bits per heavy atom. The van der Waals surface area contributed by atoms with Crippen molar-refractivity contribution < 1.29 is 4.52 Å². The molecule has 0 aliphatic carbocycles. The van der Waals surface area contributed by atoms with Crippen LogP contribution in [-0.2, 0) is 6.42 Å². The van der Waals surface area contributed by atoms with Gasteiger partial charge < -0.3 is 10.3 Å². The summed E-state index contributed by atoms with van der Waals surface area (Å²) in [5.41, 5.74) is 8.46. The van der Waals surface area contributed by atoms with E-state index in [1.807, 2.05) is 25.1 Å². The van der Waals surface area contributed by atoms with Crippen LogP contribution in [-0.4, -0.2) is 10.1 Å². The molecule has 1 aromatic carbocycles. The highest BCUT2D eigenvalue weighted by molar-refractivity contribution is 5.63. The SMILES string of the molecule is Cc1ccc(N)cc1-c1nc(CC(C)C)no1. The van der Waals surface area contributed by atoms with Gasteiger partial charge >= 0.3 is 0 Å². The number of hydrogen-bond donors (Lipinski definition) is 1. The molecule has 4 heteroatoms. The first kappa shape index (κ1) is 11.6. The minimum Gasteiger partial charge on any atom is -0.399 e. The lowest BCUT2D eigenvalue weighted by Gasteiger charge is -2.01. The second-order valence-corrected chi connectivity index (χ2v) is 4.69. The van der Waals surface area contributed by atoms with Crippen LogP contribution >= 0.6 is 0 Å². The highest BCUT2D eigenvalue weighted by Crippen LogP contribution is 2.24. The van der Waals surface area contributed by atoms with Crippen molar-refractivity contribution >= 4 is 5.69 Å². The van der Waals surface area contributed by atoms with E-state index in [0.29, 0.717) is 17.5 Å². The Bertz CT molecular complexity index is 517. The molecule has 4 nitrogen and oxygen atoms in total. The van der Waals surface area contributed by atoms with Gasteiger partial charge in [-0.2, -0.15) is 4.98 Å². The fraction of sp³-hybridized carbons (Fsp3) is 0.385. The van der Waals surface area contributed by atoms with Crippen LogP contribution in [0.25, 0.3) is 11.5 Å². The zero-order chi connectivity index (χ0) is 12.4. The topological polar surface area (TPSA) is 64.9 Å². The summed E-state index contributed by atoms with van der Waals surface area (Å²) < 4.78 is 5.27. The second kappa shape index (κ2) is 4.57. The lowest BCUT2D eigenvalue weighted by atomic mass is 10.1. The first-order valence-corrected chi connectivity index (χ1v) is 5.75. The summed E-state index contributed by atoms with van der Waals surface area (Å²) in [7, 11) is 0. The van der Waals surface area contributed by atoms with Crippen LogP contribution in [0.15, 0.2) is 22.7 Å². The maximum atomic E-state index is 5.76. The summed E-state index contributed by atoms with van der Waals surface area (Å²) in [5, 5.41) is 3.98. The monoisotopic (exact) mass is 231 g/mol. The quantitative estimate of drug-likeness (QED) is 0.825. The van der Waals surface area contributed by atoms with E-state index in [4.69, 9.17) is 10.3 Å². The fourth-order valence-electron chi connectivity index (χ4n) is 1.68. The molecule has 0 unspecified atom stereocenters. The van der Waals surface area contributed by atoms with E-state index in [-0.39, 0.29) is 0 Å². The molecule has 0 atom stereocenters. The molecule has 1 aromatic heterocycles. The molecule has 0 aliphatic rings. The Morgan fingerprint density at radius 2 is 2.12 bits per heavy atom. The third-order valence-electron chi connectivity index (χ3n) is 2.55. The van der Waals surface area contributed by atoms with Crippen LogP contribution in [0.4, 0.5) is 5.69 Å². The molecule has 17 heavy (non-hydrogen) atoms. The van der Waals surface area contributed by atoms with Gasteiger partial charge in [-0.25, -0.2) is 0 Å². The number of anilines is 1. The highest BCUT2D eigenvalue weighted by atomic mass is 16.5. The average molecular weight is 231 g/mol. The number of nitrogen functional groups attached to an aromatic ring is 1. The van der Waals surface area contributed by atoms with Gasteiger partial charge in [0.05, 0.1) is 0 Å². The van der Waals surface area contributed by atoms with Crippen molar-refractivity contribution in [1.82, 2.24) is 10.1 Å². The summed E-state index contributed by atoms with van der Waals surface area (Å²) in [6, 6.07) is 5.68. The lowest BCUT2D eigenvalue weighted by molar-refractivity contribution is 0.417. The third kappa shape index (κ3) is 2.64. The molecule has 2 rings (SSSR count). The van der Waals surface area contributed by atoms with Gasteiger partial charge in [-0.15, -0.1) is 0 Å². The molecule has 0 radical (unpaired) electrons. The Labute approximate surface area is 101 Å². The number of hydrogen-bond acceptors (Lipinski definition) is 4. The van der Waals surface area contributed by atoms with Gasteiger partial charge in [0.1, 0.15) is 0 Å². The van der Waals surface area contributed by atoms with Crippen LogP contribution < -0.4 is 5.73 Å². The number of benzene rings is 1. The summed E-state index contributed by atoms with van der Waals surface area (Å²) in [5.74, 6) is 1.81. The van der Waals surface area contributed by atoms with E-state index < -0.39 is 0 Å². The number of rotatable bonds is 3. The van der Waals surface area contributed by atoms with E-state index in [9.17, 15) is 0 Å². The summed E-state index contributed by atoms with van der Waals surface area (Å²) >= 11 is 0. The van der Waals surface area contributed by atoms with E-state index in [2.05, 4.69) is 24.0 Å². The molecule has 0 saturated heterocycles. The van der Waals surface area contributed by atoms with Crippen molar-refractivity contribution in [3.8, 4) is 11.5 Å². The third-order valence-corrected chi connectivity index (χ3v) is 2.55. The van der Waals surface area contributed by atoms with Crippen molar-refractivity contribution in [2.45, 2.75) is 27.2 Å². The molecule has 0 fully saturated rings. The zero-order valence-electron chi connectivity index (χ0n) is 10.4. The minimum atomic E-state index is 0.516. The molecular formula is C13H17N3O. The van der Waals surface area contributed by atoms with Crippen molar-refractivity contribution in [1.29, 1.82) is 0 Å². The first-order chi connectivity index (χ1) is 8.06. The number of nitrogens with zero attached hydrogens (tertiary/aromatic N) is 2. The number of aryl methyl sites for hydroxylation is 1. The summed E-state index contributed by atoms with van der Waals surface area (Å²) in [6.07, 6.45) is 0.824. The maximum absolute atomic E-state index is 5.76. The molecule has 0 saturated carbocycles. The average Bonchev–Trinajstić information content (AvgIpc) is 2.69. The van der Waals surface area contributed by atoms with Gasteiger partial charge in [-0.05, 0) is 30.5 Å². The predicted octanol–water partition coefficient (Wildman–Crippen LogP) is 2.83. The van der Waals surface area contributed by atoms with Gasteiger partial charge in [0, 0.05) is 17.7 Å². The Hall–Kier alpha value is -1.84. The van der Waals surface area contributed by atoms with Crippen LogP contribution in [0.2, 0.25) is 0 Å². The van der Waals surface area contributed by atoms with Gasteiger partial charge in [-0.3, -0.25) is 0 Å². The maximum Gasteiger partial charge on any atom is 0.258 e. The number of nitrogens with two attached hydrogens (primary N) is 1. The van der Waals surface area contributed by atoms with Crippen molar-refractivity contribution in [3.63, 3.8) is 0 Å². The van der Waals surface area contributed by atoms with Crippen LogP contribution in [0.5, 0.6) is 0 Å². The van der Waals surface area contributed by atoms with Gasteiger partial charge in [0.2, 0.25) is 0 Å². The van der Waals surface area contributed by atoms with Crippen LogP contribution in [0, 0.1) is 12.8 Å². The van der Waals surface area contributed by atoms with E-state index in [0.717, 1.165) is 23.4 Å². The molecule has 0 aliphatic heterocycles. The molecule has 90 valence electrons. The summed E-state index contributed by atoms with van der Waals surface area (Å²) in [4.78, 5) is 4.39. The normalized spacial score (nSPS) is 11.1. The molecule has 0 amide bonds. The van der Waals surface area contributed by atoms with Crippen LogP contribution in [0.1, 0.15) is 25.2 Å². The van der Waals surface area contributed by atoms with E-state index in [1.54, 1.807) is 0 Å². The molecule has 2 N–H and O–H groups in total. The molecule has 1 heterocycles. The largest absolute Gasteiger partial charge is 0.399 e. The van der Waals surface area contributed by atoms with Crippen molar-refractivity contribution in [3.05, 3.63) is 29.6 Å². The Morgan fingerprint density at radius 3 is 2.82 bits per heavy atom. The summed E-state index contributed by atoms with van der Waals surface area (Å²) in [6.45, 7) is 6.25. The highest BCUT2D eigenvalue weighted by Gasteiger charge is 2.12. The van der Waals surface area contributed by atoms with Gasteiger partial charge in [0.25, 0.3) is 5.89 Å². The first-order valence-electron chi connectivity index (χ1n) is 5.75. The van der Waals surface area contributed by atoms with Gasteiger partial charge in [0.15, 0.2) is 5.82 Å². The smallest absolute Gasteiger partial charge is 0.258 e. The second-order valence-electron chi connectivity index (χ2n) is 4.69. The lowest BCUT2D eigenvalue weighted by Crippen LogP contribution is -1.96. The molecule has 0 spiro atoms. The molecule has 0 bridgehead atoms. The number of aromatic nitrogens is 2. The van der Waals surface area contributed by atoms with Crippen LogP contribution in [0.3, 0.4) is 0 Å². The Kier molecular flexibility index (Phi) is 3.13. The minimum absolute atomic E-state index is 0.516. The van der Waals surface area contributed by atoms with Crippen molar-refractivity contribution in [2.24, 2.45) is 5.92 Å². The van der Waals surface area contributed by atoms with Gasteiger partial charge in [-0.1, -0.05) is 25.1 Å².